The molecular formula is C95H61F3I10O15. The van der Waals surface area contributed by atoms with Crippen molar-refractivity contribution in [2.24, 2.45) is 0 Å². The lowest BCUT2D eigenvalue weighted by Crippen LogP contribution is -2.03. The Kier molecular flexibility index (Phi) is 35.0. The zero-order chi connectivity index (χ0) is 87.1. The number of benzene rings is 16. The molecule has 0 atom stereocenters. The van der Waals surface area contributed by atoms with E-state index >= 15 is 0 Å². The van der Waals surface area contributed by atoms with E-state index in [9.17, 15) is 28.5 Å². The van der Waals surface area contributed by atoms with Gasteiger partial charge in [-0.2, -0.15) is 13.2 Å². The van der Waals surface area contributed by atoms with Gasteiger partial charge in [-0.3, -0.25) is 0 Å². The molecule has 0 heterocycles. The van der Waals surface area contributed by atoms with Crippen LogP contribution in [0.25, 0.3) is 10.8 Å². The number of rotatable bonds is 20. The highest BCUT2D eigenvalue weighted by atomic mass is 127. The molecule has 15 nitrogen and oxygen atoms in total. The number of alkyl halides is 3. The number of phenolic OH excluding ortho intramolecular Hbond substituents is 5. The minimum absolute atomic E-state index is 0.0132. The predicted molar refractivity (Wildman–Crippen MR) is 555 cm³/mol. The van der Waals surface area contributed by atoms with Crippen LogP contribution in [-0.2, 0) is 6.18 Å². The van der Waals surface area contributed by atoms with Gasteiger partial charge in [0.15, 0.2) is 0 Å². The fourth-order valence-corrected chi connectivity index (χ4v) is 15.4. The molecule has 16 aromatic rings. The molecule has 5 N–H and O–H groups in total. The Bertz CT molecular complexity index is 5970. The van der Waals surface area contributed by atoms with Crippen LogP contribution in [0.4, 0.5) is 13.2 Å². The molecule has 0 aliphatic rings. The van der Waals surface area contributed by atoms with Crippen LogP contribution in [0.5, 0.6) is 144 Å². The fraction of sp³-hybridized carbons (Fsp3) is 0.0105. The molecule has 0 fully saturated rings. The van der Waals surface area contributed by atoms with E-state index in [2.05, 4.69) is 232 Å². The van der Waals surface area contributed by atoms with Crippen LogP contribution in [-0.4, -0.2) is 25.5 Å². The predicted octanol–water partition coefficient (Wildman–Crippen LogP) is 33.1. The molecule has 0 radical (unpaired) electrons. The first kappa shape index (κ1) is 94.0. The second-order valence-corrected chi connectivity index (χ2v) is 38.1. The second kappa shape index (κ2) is 45.9. The summed E-state index contributed by atoms with van der Waals surface area (Å²) in [4.78, 5) is 0. The molecule has 0 unspecified atom stereocenters. The quantitative estimate of drug-likeness (QED) is 0.0452. The Morgan fingerprint density at radius 2 is 0.390 bits per heavy atom. The summed E-state index contributed by atoms with van der Waals surface area (Å²) in [7, 11) is 0. The smallest absolute Gasteiger partial charge is 0.416 e. The van der Waals surface area contributed by atoms with Crippen LogP contribution >= 0.6 is 226 Å². The molecule has 0 saturated carbocycles. The zero-order valence-electron chi connectivity index (χ0n) is 63.1. The number of hydrogen-bond donors (Lipinski definition) is 5. The van der Waals surface area contributed by atoms with Crippen molar-refractivity contribution in [3.8, 4) is 144 Å². The number of fused-ring (bicyclic) bond motifs is 1. The number of aromatic hydroxyl groups is 5. The summed E-state index contributed by atoms with van der Waals surface area (Å²) in [6, 6.07) is 99.7. The van der Waals surface area contributed by atoms with Crippen molar-refractivity contribution < 1.29 is 86.1 Å². The van der Waals surface area contributed by atoms with Gasteiger partial charge in [0.2, 0.25) is 34.5 Å². The first-order valence-electron chi connectivity index (χ1n) is 36.1. The molecule has 0 aliphatic heterocycles. The highest BCUT2D eigenvalue weighted by molar-refractivity contribution is 14.1. The van der Waals surface area contributed by atoms with Crippen molar-refractivity contribution in [1.82, 2.24) is 0 Å². The van der Waals surface area contributed by atoms with Crippen molar-refractivity contribution in [1.29, 1.82) is 0 Å². The average molecular weight is 2770 g/mol. The first-order valence-corrected chi connectivity index (χ1v) is 46.9. The van der Waals surface area contributed by atoms with Crippen molar-refractivity contribution in [3.05, 3.63) is 381 Å². The second-order valence-electron chi connectivity index (χ2n) is 25.6. The topological polar surface area (TPSA) is 193 Å². The molecule has 16 aromatic carbocycles. The Balaban J connectivity index is 0.000000152. The summed E-state index contributed by atoms with van der Waals surface area (Å²) in [6.07, 6.45) is -4.35. The lowest BCUT2D eigenvalue weighted by molar-refractivity contribution is -0.137. The third kappa shape index (κ3) is 30.0. The number of phenols is 5. The maximum absolute atomic E-state index is 12.3. The van der Waals surface area contributed by atoms with Gasteiger partial charge in [0, 0.05) is 53.9 Å². The van der Waals surface area contributed by atoms with E-state index < -0.39 is 11.7 Å². The van der Waals surface area contributed by atoms with Gasteiger partial charge in [-0.1, -0.05) is 12.1 Å². The Morgan fingerprint density at radius 1 is 0.171 bits per heavy atom. The molecule has 0 spiro atoms. The molecule has 0 aliphatic carbocycles. The van der Waals surface area contributed by atoms with Crippen molar-refractivity contribution in [2.75, 3.05) is 0 Å². The molecule has 123 heavy (non-hydrogen) atoms. The van der Waals surface area contributed by atoms with E-state index in [-0.39, 0.29) is 57.5 Å². The summed E-state index contributed by atoms with van der Waals surface area (Å²) in [6.45, 7) is 0. The van der Waals surface area contributed by atoms with Gasteiger partial charge in [-0.05, 0) is 546 Å². The Morgan fingerprint density at radius 3 is 0.699 bits per heavy atom. The average Bonchev–Trinajstić information content (AvgIpc) is 0.754. The van der Waals surface area contributed by atoms with Gasteiger partial charge in [-0.25, -0.2) is 0 Å². The monoisotopic (exact) mass is 2770 g/mol. The molecule has 0 amide bonds. The van der Waals surface area contributed by atoms with Crippen LogP contribution in [0, 0.1) is 35.7 Å². The lowest BCUT2D eigenvalue weighted by Gasteiger charge is -2.23. The molecule has 0 bridgehead atoms. The van der Waals surface area contributed by atoms with Gasteiger partial charge in [-0.15, -0.1) is 0 Å². The third-order valence-corrected chi connectivity index (χ3v) is 23.4. The highest BCUT2D eigenvalue weighted by Gasteiger charge is 2.34. The summed E-state index contributed by atoms with van der Waals surface area (Å²) >= 11 is 22.4. The largest absolute Gasteiger partial charge is 0.508 e. The van der Waals surface area contributed by atoms with E-state index in [0.29, 0.717) is 63.2 Å². The van der Waals surface area contributed by atoms with E-state index in [1.54, 1.807) is 54.6 Å². The van der Waals surface area contributed by atoms with Crippen LogP contribution in [0.1, 0.15) is 5.56 Å². The maximum atomic E-state index is 12.3. The van der Waals surface area contributed by atoms with Crippen LogP contribution in [0.2, 0.25) is 0 Å². The summed E-state index contributed by atoms with van der Waals surface area (Å²) < 4.78 is 109. The zero-order valence-corrected chi connectivity index (χ0v) is 84.6. The van der Waals surface area contributed by atoms with Crippen LogP contribution in [0.15, 0.2) is 340 Å². The van der Waals surface area contributed by atoms with Gasteiger partial charge in [0.05, 0.1) is 5.56 Å². The lowest BCUT2D eigenvalue weighted by atomic mass is 10.1. The molecule has 28 heteroatoms. The van der Waals surface area contributed by atoms with Crippen LogP contribution in [0.3, 0.4) is 0 Å². The summed E-state index contributed by atoms with van der Waals surface area (Å²) in [5, 5.41) is 51.6. The Hall–Kier alpha value is -8.13. The van der Waals surface area contributed by atoms with Crippen molar-refractivity contribution in [2.45, 2.75) is 6.18 Å². The molecule has 0 saturated heterocycles. The van der Waals surface area contributed by atoms with Crippen LogP contribution < -0.4 is 47.4 Å². The minimum atomic E-state index is -4.35. The normalized spacial score (nSPS) is 10.6. The summed E-state index contributed by atoms with van der Waals surface area (Å²) in [5.41, 5.74) is -0.722. The third-order valence-electron chi connectivity index (χ3n) is 16.4. The fourth-order valence-electron chi connectivity index (χ4n) is 10.7. The van der Waals surface area contributed by atoms with E-state index in [4.69, 9.17) is 57.6 Å². The van der Waals surface area contributed by atoms with Gasteiger partial charge in [0.25, 0.3) is 0 Å². The molecular weight excluding hydrogens is 2710 g/mol. The number of hydrogen-bond acceptors (Lipinski definition) is 15. The van der Waals surface area contributed by atoms with Crippen molar-refractivity contribution >= 4 is 237 Å². The van der Waals surface area contributed by atoms with E-state index in [1.165, 1.54) is 40.0 Å². The highest BCUT2D eigenvalue weighted by Crippen LogP contribution is 2.62. The molecule has 16 rings (SSSR count). The van der Waals surface area contributed by atoms with E-state index in [1.807, 2.05) is 231 Å². The van der Waals surface area contributed by atoms with E-state index in [0.717, 1.165) is 78.0 Å². The first-order chi connectivity index (χ1) is 59.1. The van der Waals surface area contributed by atoms with Gasteiger partial charge < -0.3 is 72.9 Å². The molecule has 0 aromatic heterocycles. The molecule has 622 valence electrons. The number of ether oxygens (including phenoxy) is 10. The Labute approximate surface area is 842 Å². The standard InChI is InChI=1S/C36H21I5O6.C18H12I2O3.C16H11IO2.C13H9F3O2.C12H8I2O2/c37-21-1-11-26(12-2-21)43-32-31(42)33(44-27-13-3-22(38)4-14-27)35(46-29-17-7-24(40)8-18-29)36(47-30-19-9-25(41)10-20-30)34(32)45-28-15-5-23(39)6-16-28;19-12-1-5-15(6-2-12)22-17-9-14(21)10-18(11-17)23-16-7-3-13(20)4-8-16;17-13-3-7-15(8-4-13)19-16-6-2-11-9-14(18)5-1-12(11)10-16;14-13(15,16)9-1-5-11(6-2-9)18-12-7-3-10(17)4-8-12;13-8-5-9(14)7-12(6-8)16-11-3-1-10(15)2-4-11/h1-20,42H;1-11,21H;1-10,18H;1-8,17H;1-7,15H. The SMILES string of the molecule is Oc1c(Oc2ccc(I)cc2)c(Oc2ccc(I)cc2)c(Oc2ccc(I)cc2)c(Oc2ccc(I)cc2)c1Oc1ccc(I)cc1.Oc1cc(Oc2ccc(I)cc2)cc(Oc2ccc(I)cc2)c1.Oc1ccc(Oc2cc(I)cc(I)c2)cc1.Oc1ccc(Oc2ccc(C(F)(F)F)cc2)cc1.Oc1ccc2cc(Oc3ccc(I)cc3)ccc2c1. The van der Waals surface area contributed by atoms with Gasteiger partial charge in [0.1, 0.15) is 109 Å². The summed E-state index contributed by atoms with van der Waals surface area (Å²) in [5.74, 6) is 9.44. The maximum Gasteiger partial charge on any atom is 0.416 e. The van der Waals surface area contributed by atoms with Crippen molar-refractivity contribution in [3.63, 3.8) is 0 Å². The minimum Gasteiger partial charge on any atom is -0.508 e. The number of halogens is 13. The van der Waals surface area contributed by atoms with Gasteiger partial charge >= 0.3 is 6.18 Å².